The van der Waals surface area contributed by atoms with E-state index < -0.39 is 23.9 Å². The van der Waals surface area contributed by atoms with Gasteiger partial charge >= 0.3 is 6.18 Å². The molecule has 0 N–H and O–H groups in total. The normalized spacial score (nSPS) is 34.9. The van der Waals surface area contributed by atoms with Gasteiger partial charge in [0, 0.05) is 5.92 Å². The summed E-state index contributed by atoms with van der Waals surface area (Å²) < 4.78 is 37.4. The van der Waals surface area contributed by atoms with E-state index in [0.717, 1.165) is 0 Å². The first-order valence-electron chi connectivity index (χ1n) is 4.51. The molecule has 0 radical (unpaired) electrons. The standard InChI is InChI=1S/C9H12F3IO/c1-4-3-6(5(2)8(13)14)7(4)9(10,11)12/h4-7H,3H2,1-2H3/t4-,5?,6-,7?/m1/s1. The average molecular weight is 320 g/mol. The SMILES string of the molecule is CC(C(=O)I)[C@H]1C[C@@H](C)C1C(F)(F)F. The quantitative estimate of drug-likeness (QED) is 0.563. The largest absolute Gasteiger partial charge is 0.392 e. The summed E-state index contributed by atoms with van der Waals surface area (Å²) in [4.78, 5) is 11.0. The van der Waals surface area contributed by atoms with E-state index in [0.29, 0.717) is 6.42 Å². The van der Waals surface area contributed by atoms with E-state index in [1.54, 1.807) is 36.4 Å². The van der Waals surface area contributed by atoms with Crippen molar-refractivity contribution in [3.8, 4) is 0 Å². The van der Waals surface area contributed by atoms with Gasteiger partial charge in [-0.25, -0.2) is 0 Å². The van der Waals surface area contributed by atoms with Crippen LogP contribution in [0, 0.1) is 23.7 Å². The first kappa shape index (κ1) is 12.3. The summed E-state index contributed by atoms with van der Waals surface area (Å²) in [6, 6.07) is 0. The van der Waals surface area contributed by atoms with E-state index in [1.807, 2.05) is 0 Å². The molecule has 1 aliphatic carbocycles. The molecule has 0 aromatic rings. The van der Waals surface area contributed by atoms with Crippen molar-refractivity contribution in [2.75, 3.05) is 0 Å². The van der Waals surface area contributed by atoms with Crippen molar-refractivity contribution >= 4 is 26.4 Å². The molecule has 2 unspecified atom stereocenters. The molecule has 0 aromatic carbocycles. The van der Waals surface area contributed by atoms with Crippen LogP contribution in [0.15, 0.2) is 0 Å². The Morgan fingerprint density at radius 3 is 2.29 bits per heavy atom. The third-order valence-electron chi connectivity index (χ3n) is 3.10. The summed E-state index contributed by atoms with van der Waals surface area (Å²) in [5, 5.41) is 0. The Bertz CT molecular complexity index is 239. The van der Waals surface area contributed by atoms with Gasteiger partial charge in [0.05, 0.1) is 5.92 Å². The van der Waals surface area contributed by atoms with Crippen LogP contribution in [-0.4, -0.2) is 9.97 Å². The van der Waals surface area contributed by atoms with Crippen LogP contribution in [0.5, 0.6) is 0 Å². The molecule has 82 valence electrons. The molecule has 1 nitrogen and oxygen atoms in total. The van der Waals surface area contributed by atoms with Gasteiger partial charge in [-0.05, 0) is 40.8 Å². The monoisotopic (exact) mass is 320 g/mol. The Hall–Kier alpha value is 0.190. The lowest BCUT2D eigenvalue weighted by Crippen LogP contribution is -2.48. The maximum atomic E-state index is 12.5. The molecule has 0 aliphatic heterocycles. The van der Waals surface area contributed by atoms with E-state index in [4.69, 9.17) is 0 Å². The molecule has 0 saturated heterocycles. The highest BCUT2D eigenvalue weighted by Gasteiger charge is 2.56. The van der Waals surface area contributed by atoms with Crippen LogP contribution in [0.2, 0.25) is 0 Å². The Labute approximate surface area is 94.6 Å². The molecular weight excluding hydrogens is 308 g/mol. The molecule has 1 saturated carbocycles. The molecule has 0 bridgehead atoms. The second-order valence-corrected chi connectivity index (χ2v) is 5.10. The summed E-state index contributed by atoms with van der Waals surface area (Å²) >= 11 is 1.58. The third-order valence-corrected chi connectivity index (χ3v) is 4.08. The van der Waals surface area contributed by atoms with Crippen LogP contribution in [0.25, 0.3) is 0 Å². The molecule has 4 atom stereocenters. The fourth-order valence-corrected chi connectivity index (χ4v) is 2.66. The Morgan fingerprint density at radius 2 is 2.00 bits per heavy atom. The van der Waals surface area contributed by atoms with E-state index in [2.05, 4.69) is 0 Å². The molecule has 1 aliphatic rings. The number of alkyl halides is 3. The topological polar surface area (TPSA) is 17.1 Å². The van der Waals surface area contributed by atoms with Crippen molar-refractivity contribution in [2.45, 2.75) is 26.4 Å². The molecule has 0 amide bonds. The predicted molar refractivity (Wildman–Crippen MR) is 55.0 cm³/mol. The van der Waals surface area contributed by atoms with Gasteiger partial charge in [-0.15, -0.1) is 0 Å². The van der Waals surface area contributed by atoms with Crippen molar-refractivity contribution < 1.29 is 18.0 Å². The molecule has 0 aromatic heterocycles. The zero-order valence-corrected chi connectivity index (χ0v) is 10.1. The Morgan fingerprint density at radius 1 is 1.50 bits per heavy atom. The van der Waals surface area contributed by atoms with Gasteiger partial charge < -0.3 is 0 Å². The minimum absolute atomic E-state index is 0.172. The van der Waals surface area contributed by atoms with Gasteiger partial charge in [-0.3, -0.25) is 4.79 Å². The van der Waals surface area contributed by atoms with Crippen molar-refractivity contribution in [3.63, 3.8) is 0 Å². The van der Waals surface area contributed by atoms with E-state index in [9.17, 15) is 18.0 Å². The molecule has 5 heteroatoms. The lowest BCUT2D eigenvalue weighted by Gasteiger charge is -2.46. The molecule has 0 spiro atoms. The second-order valence-electron chi connectivity index (χ2n) is 4.04. The summed E-state index contributed by atoms with van der Waals surface area (Å²) in [7, 11) is 0. The molecule has 0 heterocycles. The molecule has 1 rings (SSSR count). The Kier molecular flexibility index (Phi) is 3.49. The van der Waals surface area contributed by atoms with Crippen molar-refractivity contribution in [3.05, 3.63) is 0 Å². The number of hydrogen-bond acceptors (Lipinski definition) is 1. The average Bonchev–Trinajstić information content (AvgIpc) is 1.94. The van der Waals surface area contributed by atoms with E-state index >= 15 is 0 Å². The van der Waals surface area contributed by atoms with Crippen molar-refractivity contribution in [1.29, 1.82) is 0 Å². The van der Waals surface area contributed by atoms with E-state index in [-0.39, 0.29) is 9.71 Å². The molecule has 14 heavy (non-hydrogen) atoms. The fraction of sp³-hybridized carbons (Fsp3) is 0.889. The maximum Gasteiger partial charge on any atom is 0.392 e. The maximum absolute atomic E-state index is 12.5. The van der Waals surface area contributed by atoms with Crippen molar-refractivity contribution in [2.24, 2.45) is 23.7 Å². The zero-order chi connectivity index (χ0) is 11.1. The zero-order valence-electron chi connectivity index (χ0n) is 7.94. The Balaban J connectivity index is 2.71. The van der Waals surface area contributed by atoms with Crippen LogP contribution < -0.4 is 0 Å². The second kappa shape index (κ2) is 3.98. The highest BCUT2D eigenvalue weighted by molar-refractivity contribution is 14.1. The number of halogens is 4. The van der Waals surface area contributed by atoms with Gasteiger partial charge in [0.2, 0.25) is 0 Å². The number of hydrogen-bond donors (Lipinski definition) is 0. The molecular formula is C9H12F3IO. The minimum atomic E-state index is -4.15. The minimum Gasteiger partial charge on any atom is -0.287 e. The lowest BCUT2D eigenvalue weighted by molar-refractivity contribution is -0.237. The lowest BCUT2D eigenvalue weighted by atomic mass is 9.61. The predicted octanol–water partition coefficient (Wildman–Crippen LogP) is 3.42. The summed E-state index contributed by atoms with van der Waals surface area (Å²) in [5.74, 6) is -2.60. The summed E-state index contributed by atoms with van der Waals surface area (Å²) in [6.07, 6.45) is -3.64. The van der Waals surface area contributed by atoms with Crippen LogP contribution in [-0.2, 0) is 4.79 Å². The van der Waals surface area contributed by atoms with Gasteiger partial charge in [-0.1, -0.05) is 13.8 Å². The first-order chi connectivity index (χ1) is 6.25. The van der Waals surface area contributed by atoms with Crippen LogP contribution >= 0.6 is 22.6 Å². The van der Waals surface area contributed by atoms with Gasteiger partial charge in [-0.2, -0.15) is 13.2 Å². The van der Waals surface area contributed by atoms with Crippen LogP contribution in [0.1, 0.15) is 20.3 Å². The van der Waals surface area contributed by atoms with Crippen LogP contribution in [0.4, 0.5) is 13.2 Å². The highest BCUT2D eigenvalue weighted by Crippen LogP contribution is 2.53. The first-order valence-corrected chi connectivity index (χ1v) is 5.59. The van der Waals surface area contributed by atoms with Gasteiger partial charge in [0.1, 0.15) is 0 Å². The summed E-state index contributed by atoms with van der Waals surface area (Å²) in [6.45, 7) is 3.18. The molecule has 1 fully saturated rings. The highest BCUT2D eigenvalue weighted by atomic mass is 127. The van der Waals surface area contributed by atoms with E-state index in [1.165, 1.54) is 0 Å². The smallest absolute Gasteiger partial charge is 0.287 e. The van der Waals surface area contributed by atoms with Gasteiger partial charge in [0.25, 0.3) is 0 Å². The van der Waals surface area contributed by atoms with Gasteiger partial charge in [0.15, 0.2) is 3.79 Å². The fourth-order valence-electron chi connectivity index (χ4n) is 2.20. The van der Waals surface area contributed by atoms with Crippen LogP contribution in [0.3, 0.4) is 0 Å². The van der Waals surface area contributed by atoms with Crippen molar-refractivity contribution in [1.82, 2.24) is 0 Å². The third kappa shape index (κ3) is 2.23. The number of carbonyl (C=O) groups is 1. The number of carbonyl (C=O) groups excluding carboxylic acids is 1. The summed E-state index contributed by atoms with van der Waals surface area (Å²) in [5.41, 5.74) is 0. The number of rotatable bonds is 2.